The largest absolute Gasteiger partial charge is 0.497 e. The minimum atomic E-state index is -0.213. The zero-order valence-electron chi connectivity index (χ0n) is 19.4. The van der Waals surface area contributed by atoms with Gasteiger partial charge in [0, 0.05) is 39.7 Å². The molecule has 0 bridgehead atoms. The molecule has 1 heterocycles. The third-order valence-electron chi connectivity index (χ3n) is 5.71. The van der Waals surface area contributed by atoms with Crippen LogP contribution in [0.1, 0.15) is 51.3 Å². The molecular formula is C28H28N2O3. The van der Waals surface area contributed by atoms with Crippen molar-refractivity contribution < 1.29 is 14.3 Å². The van der Waals surface area contributed by atoms with Gasteiger partial charge in [0.2, 0.25) is 0 Å². The van der Waals surface area contributed by atoms with Gasteiger partial charge in [0.05, 0.1) is 7.11 Å². The topological polar surface area (TPSA) is 67.4 Å². The molecule has 0 fully saturated rings. The lowest BCUT2D eigenvalue weighted by atomic mass is 9.85. The van der Waals surface area contributed by atoms with Gasteiger partial charge < -0.3 is 15.4 Å². The van der Waals surface area contributed by atoms with Gasteiger partial charge in [0.1, 0.15) is 5.75 Å². The van der Waals surface area contributed by atoms with Gasteiger partial charge in [0.25, 0.3) is 5.91 Å². The monoisotopic (exact) mass is 440 g/mol. The first kappa shape index (κ1) is 22.3. The summed E-state index contributed by atoms with van der Waals surface area (Å²) in [6.45, 7) is 6.20. The van der Waals surface area contributed by atoms with Crippen LogP contribution in [0.15, 0.2) is 72.8 Å². The Morgan fingerprint density at radius 3 is 2.48 bits per heavy atom. The summed E-state index contributed by atoms with van der Waals surface area (Å²) in [7, 11) is 1.63. The van der Waals surface area contributed by atoms with Crippen LogP contribution in [-0.2, 0) is 6.42 Å². The summed E-state index contributed by atoms with van der Waals surface area (Å²) in [5, 5.41) is 6.37. The Morgan fingerprint density at radius 2 is 1.76 bits per heavy atom. The number of amides is 1. The molecule has 3 aromatic rings. The lowest BCUT2D eigenvalue weighted by Gasteiger charge is -2.35. The van der Waals surface area contributed by atoms with Crippen molar-refractivity contribution >= 4 is 23.1 Å². The van der Waals surface area contributed by atoms with Crippen LogP contribution in [0.2, 0.25) is 0 Å². The highest BCUT2D eigenvalue weighted by Crippen LogP contribution is 2.32. The number of rotatable bonds is 5. The molecule has 0 aromatic heterocycles. The van der Waals surface area contributed by atoms with Crippen LogP contribution in [0.25, 0.3) is 5.70 Å². The summed E-state index contributed by atoms with van der Waals surface area (Å²) in [5.74, 6) is 0.388. The maximum atomic E-state index is 13.2. The van der Waals surface area contributed by atoms with Crippen molar-refractivity contribution in [2.75, 3.05) is 12.4 Å². The molecule has 5 nitrogen and oxygen atoms in total. The molecule has 3 aromatic carbocycles. The lowest BCUT2D eigenvalue weighted by Crippen LogP contribution is -2.43. The number of anilines is 1. The molecular weight excluding hydrogens is 412 g/mol. The van der Waals surface area contributed by atoms with Crippen LogP contribution >= 0.6 is 0 Å². The summed E-state index contributed by atoms with van der Waals surface area (Å²) < 4.78 is 5.39. The normalized spacial score (nSPS) is 15.3. The number of ketones is 1. The zero-order chi connectivity index (χ0) is 23.6. The third kappa shape index (κ3) is 5.14. The number of fused-ring (bicyclic) bond motifs is 1. The first-order chi connectivity index (χ1) is 15.7. The van der Waals surface area contributed by atoms with E-state index in [0.717, 1.165) is 34.6 Å². The average molecular weight is 441 g/mol. The van der Waals surface area contributed by atoms with Crippen LogP contribution in [0.5, 0.6) is 5.75 Å². The van der Waals surface area contributed by atoms with Gasteiger partial charge >= 0.3 is 0 Å². The molecule has 1 aliphatic rings. The number of hydrogen-bond acceptors (Lipinski definition) is 4. The molecule has 4 rings (SSSR count). The molecule has 5 heteroatoms. The van der Waals surface area contributed by atoms with Crippen molar-refractivity contribution in [1.29, 1.82) is 0 Å². The van der Waals surface area contributed by atoms with Crippen molar-refractivity contribution in [3.05, 3.63) is 101 Å². The van der Waals surface area contributed by atoms with Crippen LogP contribution in [0.3, 0.4) is 0 Å². The van der Waals surface area contributed by atoms with E-state index in [9.17, 15) is 9.59 Å². The van der Waals surface area contributed by atoms with E-state index in [1.165, 1.54) is 0 Å². The molecule has 33 heavy (non-hydrogen) atoms. The molecule has 1 amide bonds. The second-order valence-corrected chi connectivity index (χ2v) is 9.03. The Hall–Kier alpha value is -3.86. The van der Waals surface area contributed by atoms with E-state index < -0.39 is 0 Å². The number of aryl methyl sites for hydroxylation is 1. The van der Waals surface area contributed by atoms with Gasteiger partial charge in [-0.25, -0.2) is 0 Å². The Balaban J connectivity index is 1.60. The molecule has 0 aliphatic carbocycles. The van der Waals surface area contributed by atoms with E-state index >= 15 is 0 Å². The van der Waals surface area contributed by atoms with Crippen molar-refractivity contribution in [2.45, 2.75) is 32.7 Å². The smallest absolute Gasteiger partial charge is 0.255 e. The van der Waals surface area contributed by atoms with Crippen molar-refractivity contribution in [3.63, 3.8) is 0 Å². The second-order valence-electron chi connectivity index (χ2n) is 9.03. The number of benzene rings is 3. The number of carbonyl (C=O) groups is 2. The number of allylic oxidation sites excluding steroid dienone is 1. The van der Waals surface area contributed by atoms with E-state index in [1.54, 1.807) is 49.6 Å². The zero-order valence-corrected chi connectivity index (χ0v) is 19.4. The maximum absolute atomic E-state index is 13.2. The summed E-state index contributed by atoms with van der Waals surface area (Å²) in [6.07, 6.45) is 2.47. The maximum Gasteiger partial charge on any atom is 0.255 e. The Morgan fingerprint density at radius 1 is 1.00 bits per heavy atom. The van der Waals surface area contributed by atoms with Crippen molar-refractivity contribution in [1.82, 2.24) is 5.32 Å². The Bertz CT molecular complexity index is 1240. The lowest BCUT2D eigenvalue weighted by molar-refractivity contribution is 0.102. The van der Waals surface area contributed by atoms with Gasteiger partial charge in [0.15, 0.2) is 5.78 Å². The SMILES string of the molecule is COc1ccc2c(c1)C(=CC(=O)c1cccc(NC(=O)c3ccc(C)cc3)c1)NC(C)(C)C2. The van der Waals surface area contributed by atoms with E-state index in [4.69, 9.17) is 4.74 Å². The third-order valence-corrected chi connectivity index (χ3v) is 5.71. The highest BCUT2D eigenvalue weighted by Gasteiger charge is 2.28. The molecule has 0 saturated carbocycles. The summed E-state index contributed by atoms with van der Waals surface area (Å²) in [4.78, 5) is 25.7. The summed E-state index contributed by atoms with van der Waals surface area (Å²) in [6, 6.07) is 20.3. The van der Waals surface area contributed by atoms with Crippen LogP contribution < -0.4 is 15.4 Å². The minimum absolute atomic E-state index is 0.143. The molecule has 1 aliphatic heterocycles. The number of nitrogens with one attached hydrogen (secondary N) is 2. The van der Waals surface area contributed by atoms with Gasteiger partial charge in [-0.05, 0) is 69.2 Å². The highest BCUT2D eigenvalue weighted by atomic mass is 16.5. The Kier molecular flexibility index (Phi) is 6.05. The van der Waals surface area contributed by atoms with Gasteiger partial charge in [-0.2, -0.15) is 0 Å². The van der Waals surface area contributed by atoms with Crippen molar-refractivity contribution in [3.8, 4) is 5.75 Å². The molecule has 2 N–H and O–H groups in total. The van der Waals surface area contributed by atoms with E-state index in [2.05, 4.69) is 30.5 Å². The predicted octanol–water partition coefficient (Wildman–Crippen LogP) is 5.40. The van der Waals surface area contributed by atoms with Gasteiger partial charge in [-0.15, -0.1) is 0 Å². The summed E-state index contributed by atoms with van der Waals surface area (Å²) >= 11 is 0. The average Bonchev–Trinajstić information content (AvgIpc) is 2.78. The van der Waals surface area contributed by atoms with E-state index in [-0.39, 0.29) is 17.2 Å². The van der Waals surface area contributed by atoms with Crippen LogP contribution in [0.4, 0.5) is 5.69 Å². The molecule has 0 atom stereocenters. The van der Waals surface area contributed by atoms with E-state index in [0.29, 0.717) is 16.8 Å². The fourth-order valence-corrected chi connectivity index (χ4v) is 4.03. The van der Waals surface area contributed by atoms with Gasteiger partial charge in [-0.3, -0.25) is 9.59 Å². The number of carbonyl (C=O) groups excluding carboxylic acids is 2. The minimum Gasteiger partial charge on any atom is -0.497 e. The van der Waals surface area contributed by atoms with Gasteiger partial charge in [-0.1, -0.05) is 35.9 Å². The van der Waals surface area contributed by atoms with Crippen LogP contribution in [0, 0.1) is 6.92 Å². The standard InChI is InChI=1S/C28H28N2O3/c1-18-8-10-19(11-9-18)27(32)29-22-7-5-6-20(14-22)26(31)16-25-24-15-23(33-4)13-12-21(24)17-28(2,3)30-25/h5-16,30H,17H2,1-4H3,(H,29,32). The summed E-state index contributed by atoms with van der Waals surface area (Å²) in [5.41, 5.74) is 5.44. The number of ether oxygens (including phenoxy) is 1. The number of hydrogen-bond donors (Lipinski definition) is 2. The van der Waals surface area contributed by atoms with Crippen molar-refractivity contribution in [2.24, 2.45) is 0 Å². The van der Waals surface area contributed by atoms with E-state index in [1.807, 2.05) is 31.2 Å². The fourth-order valence-electron chi connectivity index (χ4n) is 4.03. The fraction of sp³-hybridized carbons (Fsp3) is 0.214. The first-order valence-corrected chi connectivity index (χ1v) is 10.9. The quantitative estimate of drug-likeness (QED) is 0.412. The first-order valence-electron chi connectivity index (χ1n) is 10.9. The molecule has 0 spiro atoms. The number of methoxy groups -OCH3 is 1. The second kappa shape index (κ2) is 8.94. The molecule has 168 valence electrons. The van der Waals surface area contributed by atoms with Crippen LogP contribution in [-0.4, -0.2) is 24.3 Å². The highest BCUT2D eigenvalue weighted by molar-refractivity contribution is 6.10. The molecule has 0 saturated heterocycles. The molecule has 0 unspecified atom stereocenters. The Labute approximate surface area is 194 Å². The predicted molar refractivity (Wildman–Crippen MR) is 132 cm³/mol. The molecule has 0 radical (unpaired) electrons.